The van der Waals surface area contributed by atoms with Crippen molar-refractivity contribution in [3.8, 4) is 0 Å². The molecule has 0 aromatic rings. The van der Waals surface area contributed by atoms with Crippen molar-refractivity contribution in [1.82, 2.24) is 0 Å². The Hall–Kier alpha value is -0.870. The summed E-state index contributed by atoms with van der Waals surface area (Å²) in [5.74, 6) is -0.205. The van der Waals surface area contributed by atoms with Gasteiger partial charge in [-0.15, -0.1) is 0 Å². The SMILES string of the molecule is CCCCCCCCC/C=C\CCCCCCCC(=O)OC(CO)COCCCCCCCCCCCCCCCCCCCC. The third kappa shape index (κ3) is 37.6. The van der Waals surface area contributed by atoms with Gasteiger partial charge in [-0.05, 0) is 38.5 Å². The van der Waals surface area contributed by atoms with Crippen LogP contribution in [0.15, 0.2) is 12.2 Å². The first-order valence-electron chi connectivity index (χ1n) is 20.8. The van der Waals surface area contributed by atoms with Gasteiger partial charge in [0.25, 0.3) is 0 Å². The fourth-order valence-corrected chi connectivity index (χ4v) is 6.21. The number of aliphatic hydroxyl groups excluding tert-OH is 1. The minimum Gasteiger partial charge on any atom is -0.457 e. The summed E-state index contributed by atoms with van der Waals surface area (Å²) in [5.41, 5.74) is 0. The van der Waals surface area contributed by atoms with E-state index in [4.69, 9.17) is 9.47 Å². The molecule has 0 amide bonds. The van der Waals surface area contributed by atoms with Crippen molar-refractivity contribution < 1.29 is 19.4 Å². The molecule has 0 heterocycles. The van der Waals surface area contributed by atoms with Crippen LogP contribution in [0.2, 0.25) is 0 Å². The molecule has 0 saturated heterocycles. The first-order valence-corrected chi connectivity index (χ1v) is 20.8. The van der Waals surface area contributed by atoms with Gasteiger partial charge in [0.2, 0.25) is 0 Å². The topological polar surface area (TPSA) is 55.8 Å². The third-order valence-electron chi connectivity index (χ3n) is 9.34. The number of carbonyl (C=O) groups is 1. The monoisotopic (exact) mass is 651 g/mol. The van der Waals surface area contributed by atoms with E-state index in [1.165, 1.54) is 186 Å². The summed E-state index contributed by atoms with van der Waals surface area (Å²) in [6.07, 6.45) is 46.9. The van der Waals surface area contributed by atoms with Crippen molar-refractivity contribution in [2.24, 2.45) is 0 Å². The zero-order chi connectivity index (χ0) is 33.4. The number of esters is 1. The summed E-state index contributed by atoms with van der Waals surface area (Å²) < 4.78 is 11.2. The normalized spacial score (nSPS) is 12.3. The first kappa shape index (κ1) is 45.1. The summed E-state index contributed by atoms with van der Waals surface area (Å²) in [7, 11) is 0. The highest BCUT2D eigenvalue weighted by atomic mass is 16.6. The number of unbranched alkanes of at least 4 members (excludes halogenated alkanes) is 29. The highest BCUT2D eigenvalue weighted by Gasteiger charge is 2.13. The molecular formula is C42H82O4. The molecule has 0 aliphatic carbocycles. The maximum absolute atomic E-state index is 12.2. The Bertz CT molecular complexity index is 604. The van der Waals surface area contributed by atoms with Crippen molar-refractivity contribution in [1.29, 1.82) is 0 Å². The van der Waals surface area contributed by atoms with Crippen molar-refractivity contribution in [2.45, 2.75) is 232 Å². The predicted molar refractivity (Wildman–Crippen MR) is 201 cm³/mol. The van der Waals surface area contributed by atoms with Gasteiger partial charge in [-0.1, -0.05) is 193 Å². The zero-order valence-electron chi connectivity index (χ0n) is 31.4. The Morgan fingerprint density at radius 1 is 0.500 bits per heavy atom. The van der Waals surface area contributed by atoms with Gasteiger partial charge in [0.05, 0.1) is 13.2 Å². The van der Waals surface area contributed by atoms with Gasteiger partial charge in [-0.2, -0.15) is 0 Å². The molecule has 1 unspecified atom stereocenters. The van der Waals surface area contributed by atoms with E-state index >= 15 is 0 Å². The molecule has 0 radical (unpaired) electrons. The van der Waals surface area contributed by atoms with Crippen LogP contribution < -0.4 is 0 Å². The lowest BCUT2D eigenvalue weighted by molar-refractivity contribution is -0.154. The second kappa shape index (κ2) is 40.3. The lowest BCUT2D eigenvalue weighted by Gasteiger charge is -2.15. The molecule has 0 fully saturated rings. The number of aliphatic hydroxyl groups is 1. The lowest BCUT2D eigenvalue weighted by Crippen LogP contribution is -2.27. The third-order valence-corrected chi connectivity index (χ3v) is 9.34. The Morgan fingerprint density at radius 3 is 1.24 bits per heavy atom. The number of ether oxygens (including phenoxy) is 2. The second-order valence-corrected chi connectivity index (χ2v) is 14.1. The Labute approximate surface area is 288 Å². The second-order valence-electron chi connectivity index (χ2n) is 14.1. The number of carbonyl (C=O) groups excluding carboxylic acids is 1. The van der Waals surface area contributed by atoms with E-state index in [1.807, 2.05) is 0 Å². The van der Waals surface area contributed by atoms with E-state index in [0.717, 1.165) is 19.3 Å². The molecule has 0 rings (SSSR count). The van der Waals surface area contributed by atoms with Crippen LogP contribution in [-0.4, -0.2) is 37.0 Å². The number of hydrogen-bond donors (Lipinski definition) is 1. The molecule has 0 aromatic carbocycles. The number of rotatable bonds is 39. The minimum absolute atomic E-state index is 0.169. The van der Waals surface area contributed by atoms with Crippen LogP contribution in [0.1, 0.15) is 226 Å². The molecule has 0 bridgehead atoms. The minimum atomic E-state index is -0.532. The van der Waals surface area contributed by atoms with Crippen LogP contribution in [-0.2, 0) is 14.3 Å². The van der Waals surface area contributed by atoms with Crippen LogP contribution in [0.25, 0.3) is 0 Å². The van der Waals surface area contributed by atoms with Gasteiger partial charge in [-0.3, -0.25) is 4.79 Å². The molecular weight excluding hydrogens is 568 g/mol. The van der Waals surface area contributed by atoms with Crippen molar-refractivity contribution in [3.05, 3.63) is 12.2 Å². The largest absolute Gasteiger partial charge is 0.457 e. The molecule has 274 valence electrons. The molecule has 4 nitrogen and oxygen atoms in total. The van der Waals surface area contributed by atoms with E-state index in [2.05, 4.69) is 26.0 Å². The first-order chi connectivity index (χ1) is 22.7. The molecule has 4 heteroatoms. The van der Waals surface area contributed by atoms with E-state index in [0.29, 0.717) is 19.6 Å². The Kier molecular flexibility index (Phi) is 39.5. The van der Waals surface area contributed by atoms with Crippen LogP contribution in [0, 0.1) is 0 Å². The molecule has 0 aliphatic heterocycles. The van der Waals surface area contributed by atoms with E-state index in [9.17, 15) is 9.90 Å². The fourth-order valence-electron chi connectivity index (χ4n) is 6.21. The van der Waals surface area contributed by atoms with Gasteiger partial charge in [0, 0.05) is 13.0 Å². The molecule has 1 N–H and O–H groups in total. The summed E-state index contributed by atoms with van der Waals surface area (Å²) >= 11 is 0. The van der Waals surface area contributed by atoms with Gasteiger partial charge < -0.3 is 14.6 Å². The van der Waals surface area contributed by atoms with Gasteiger partial charge >= 0.3 is 5.97 Å². The van der Waals surface area contributed by atoms with Gasteiger partial charge in [-0.25, -0.2) is 0 Å². The highest BCUT2D eigenvalue weighted by Crippen LogP contribution is 2.15. The molecule has 0 saturated carbocycles. The van der Waals surface area contributed by atoms with E-state index in [1.54, 1.807) is 0 Å². The zero-order valence-corrected chi connectivity index (χ0v) is 31.4. The van der Waals surface area contributed by atoms with E-state index in [-0.39, 0.29) is 12.6 Å². The average Bonchev–Trinajstić information content (AvgIpc) is 3.06. The number of hydrogen-bond acceptors (Lipinski definition) is 4. The standard InChI is InChI=1S/C42H82O4/c1-3-5-7-9-11-13-15-17-19-21-22-24-26-28-30-32-34-36-38-45-40-41(39-43)46-42(44)37-35-33-31-29-27-25-23-20-18-16-14-12-10-8-6-4-2/h20,23,41,43H,3-19,21-22,24-40H2,1-2H3/b23-20-. The van der Waals surface area contributed by atoms with Crippen LogP contribution >= 0.6 is 0 Å². The predicted octanol–water partition coefficient (Wildman–Crippen LogP) is 13.4. The molecule has 46 heavy (non-hydrogen) atoms. The maximum atomic E-state index is 12.2. The summed E-state index contributed by atoms with van der Waals surface area (Å²) in [6.45, 7) is 5.37. The van der Waals surface area contributed by atoms with Gasteiger partial charge in [0.15, 0.2) is 0 Å². The Balaban J connectivity index is 3.39. The van der Waals surface area contributed by atoms with Crippen molar-refractivity contribution >= 4 is 5.97 Å². The average molecular weight is 651 g/mol. The summed E-state index contributed by atoms with van der Waals surface area (Å²) in [4.78, 5) is 12.2. The quantitative estimate of drug-likeness (QED) is 0.0408. The maximum Gasteiger partial charge on any atom is 0.306 e. The summed E-state index contributed by atoms with van der Waals surface area (Å²) in [5, 5.41) is 9.58. The van der Waals surface area contributed by atoms with Crippen LogP contribution in [0.3, 0.4) is 0 Å². The van der Waals surface area contributed by atoms with E-state index < -0.39 is 6.10 Å². The van der Waals surface area contributed by atoms with Crippen molar-refractivity contribution in [2.75, 3.05) is 19.8 Å². The lowest BCUT2D eigenvalue weighted by atomic mass is 10.0. The molecule has 0 aromatic heterocycles. The highest BCUT2D eigenvalue weighted by molar-refractivity contribution is 5.69. The van der Waals surface area contributed by atoms with Crippen LogP contribution in [0.5, 0.6) is 0 Å². The fraction of sp³-hybridized carbons (Fsp3) is 0.929. The molecule has 0 aliphatic rings. The van der Waals surface area contributed by atoms with Gasteiger partial charge in [0.1, 0.15) is 6.10 Å². The van der Waals surface area contributed by atoms with Crippen molar-refractivity contribution in [3.63, 3.8) is 0 Å². The number of allylic oxidation sites excluding steroid dienone is 2. The van der Waals surface area contributed by atoms with Crippen LogP contribution in [0.4, 0.5) is 0 Å². The smallest absolute Gasteiger partial charge is 0.306 e. The molecule has 1 atom stereocenters. The summed E-state index contributed by atoms with van der Waals surface area (Å²) in [6, 6.07) is 0. The Morgan fingerprint density at radius 2 is 0.848 bits per heavy atom. The molecule has 0 spiro atoms.